The molecule has 0 fully saturated rings. The van der Waals surface area contributed by atoms with Crippen LogP contribution in [0.15, 0.2) is 30.3 Å². The summed E-state index contributed by atoms with van der Waals surface area (Å²) >= 11 is 0. The first-order valence-electron chi connectivity index (χ1n) is 6.17. The Morgan fingerprint density at radius 1 is 1.33 bits per heavy atom. The Labute approximate surface area is 107 Å². The first-order chi connectivity index (χ1) is 8.65. The molecule has 4 nitrogen and oxygen atoms in total. The van der Waals surface area contributed by atoms with Crippen molar-refractivity contribution in [3.63, 3.8) is 0 Å². The van der Waals surface area contributed by atoms with Crippen molar-refractivity contribution >= 4 is 5.97 Å². The second-order valence-electron chi connectivity index (χ2n) is 4.30. The molecule has 0 bridgehead atoms. The van der Waals surface area contributed by atoms with Gasteiger partial charge in [-0.2, -0.15) is 0 Å². The molecule has 1 aromatic carbocycles. The number of hydrogen-bond acceptors (Lipinski definition) is 3. The Morgan fingerprint density at radius 2 is 2.00 bits per heavy atom. The molecule has 1 aromatic rings. The van der Waals surface area contributed by atoms with Crippen molar-refractivity contribution in [1.29, 1.82) is 0 Å². The molecule has 2 atom stereocenters. The summed E-state index contributed by atoms with van der Waals surface area (Å²) in [7, 11) is 0. The van der Waals surface area contributed by atoms with E-state index >= 15 is 0 Å². The summed E-state index contributed by atoms with van der Waals surface area (Å²) in [5.74, 6) is -1.71. The van der Waals surface area contributed by atoms with Gasteiger partial charge in [-0.25, -0.2) is 0 Å². The molecular weight excluding hydrogens is 232 g/mol. The van der Waals surface area contributed by atoms with Gasteiger partial charge < -0.3 is 14.9 Å². The van der Waals surface area contributed by atoms with E-state index in [1.807, 2.05) is 37.3 Å². The van der Waals surface area contributed by atoms with Crippen LogP contribution in [-0.4, -0.2) is 28.9 Å². The minimum Gasteiger partial charge on any atom is -0.481 e. The fourth-order valence-electron chi connectivity index (χ4n) is 1.78. The van der Waals surface area contributed by atoms with Gasteiger partial charge >= 0.3 is 5.97 Å². The summed E-state index contributed by atoms with van der Waals surface area (Å²) in [5.41, 5.74) is 1.01. The summed E-state index contributed by atoms with van der Waals surface area (Å²) in [6.45, 7) is 2.33. The van der Waals surface area contributed by atoms with Crippen molar-refractivity contribution in [1.82, 2.24) is 0 Å². The number of hydrogen-bond donors (Lipinski definition) is 2. The average molecular weight is 252 g/mol. The summed E-state index contributed by atoms with van der Waals surface area (Å²) in [6.07, 6.45) is 0.240. The van der Waals surface area contributed by atoms with Crippen molar-refractivity contribution in [3.8, 4) is 0 Å². The van der Waals surface area contributed by atoms with Gasteiger partial charge in [-0.3, -0.25) is 4.79 Å². The summed E-state index contributed by atoms with van der Waals surface area (Å²) in [4.78, 5) is 10.9. The van der Waals surface area contributed by atoms with E-state index in [0.29, 0.717) is 13.0 Å². The molecular formula is C14H20O4. The Hall–Kier alpha value is -1.39. The van der Waals surface area contributed by atoms with E-state index in [4.69, 9.17) is 9.84 Å². The molecule has 0 saturated carbocycles. The highest BCUT2D eigenvalue weighted by Gasteiger charge is 2.25. The van der Waals surface area contributed by atoms with E-state index in [2.05, 4.69) is 0 Å². The normalized spacial score (nSPS) is 14.1. The third-order valence-corrected chi connectivity index (χ3v) is 2.78. The van der Waals surface area contributed by atoms with Crippen molar-refractivity contribution < 1.29 is 19.7 Å². The monoisotopic (exact) mass is 252 g/mol. The maximum absolute atomic E-state index is 10.9. The number of rotatable bonds is 8. The summed E-state index contributed by atoms with van der Waals surface area (Å²) in [6, 6.07) is 9.58. The first-order valence-corrected chi connectivity index (χ1v) is 6.17. The molecule has 0 aliphatic heterocycles. The highest BCUT2D eigenvalue weighted by Crippen LogP contribution is 2.13. The van der Waals surface area contributed by atoms with Crippen LogP contribution in [0.2, 0.25) is 0 Å². The van der Waals surface area contributed by atoms with Crippen LogP contribution in [0, 0.1) is 5.92 Å². The van der Waals surface area contributed by atoms with Crippen LogP contribution in [0.25, 0.3) is 0 Å². The van der Waals surface area contributed by atoms with Gasteiger partial charge in [0, 0.05) is 0 Å². The maximum atomic E-state index is 10.9. The van der Waals surface area contributed by atoms with Gasteiger partial charge in [0.25, 0.3) is 0 Å². The second-order valence-corrected chi connectivity index (χ2v) is 4.30. The molecule has 100 valence electrons. The van der Waals surface area contributed by atoms with E-state index in [-0.39, 0.29) is 6.61 Å². The van der Waals surface area contributed by atoms with Gasteiger partial charge in [-0.15, -0.1) is 0 Å². The van der Waals surface area contributed by atoms with Crippen molar-refractivity contribution in [3.05, 3.63) is 35.9 Å². The standard InChI is InChI=1S/C14H20O4/c1-2-6-12(14(16)17)13(15)10-18-9-11-7-4-3-5-8-11/h3-5,7-8,12-13,15H,2,6,9-10H2,1H3,(H,16,17)/t12-,13+/m1/s1. The molecule has 0 aromatic heterocycles. The number of ether oxygens (including phenoxy) is 1. The SMILES string of the molecule is CCC[C@@H](C(=O)O)[C@@H](O)COCc1ccccc1. The lowest BCUT2D eigenvalue weighted by Gasteiger charge is -2.18. The fourth-order valence-corrected chi connectivity index (χ4v) is 1.78. The summed E-state index contributed by atoms with van der Waals surface area (Å²) in [5, 5.41) is 18.8. The third-order valence-electron chi connectivity index (χ3n) is 2.78. The lowest BCUT2D eigenvalue weighted by atomic mass is 9.98. The number of carboxylic acids is 1. The molecule has 0 unspecified atom stereocenters. The smallest absolute Gasteiger partial charge is 0.309 e. The minimum atomic E-state index is -0.965. The molecule has 0 aliphatic rings. The van der Waals surface area contributed by atoms with Crippen molar-refractivity contribution in [2.75, 3.05) is 6.61 Å². The van der Waals surface area contributed by atoms with Gasteiger partial charge in [-0.1, -0.05) is 43.7 Å². The van der Waals surface area contributed by atoms with E-state index in [9.17, 15) is 9.90 Å². The largest absolute Gasteiger partial charge is 0.481 e. The number of carbonyl (C=O) groups is 1. The maximum Gasteiger partial charge on any atom is 0.309 e. The molecule has 0 spiro atoms. The summed E-state index contributed by atoms with van der Waals surface area (Å²) < 4.78 is 5.35. The Bertz CT molecular complexity index is 350. The van der Waals surface area contributed by atoms with Crippen LogP contribution in [0.5, 0.6) is 0 Å². The molecule has 4 heteroatoms. The zero-order valence-corrected chi connectivity index (χ0v) is 10.6. The number of aliphatic hydroxyl groups is 1. The number of aliphatic carboxylic acids is 1. The average Bonchev–Trinajstić information content (AvgIpc) is 2.36. The van der Waals surface area contributed by atoms with Gasteiger partial charge in [0.2, 0.25) is 0 Å². The van der Waals surface area contributed by atoms with Crippen LogP contribution in [0.3, 0.4) is 0 Å². The topological polar surface area (TPSA) is 66.8 Å². The van der Waals surface area contributed by atoms with E-state index < -0.39 is 18.0 Å². The Morgan fingerprint density at radius 3 is 2.56 bits per heavy atom. The number of carboxylic acid groups (broad SMARTS) is 1. The number of benzene rings is 1. The molecule has 2 N–H and O–H groups in total. The molecule has 0 saturated heterocycles. The highest BCUT2D eigenvalue weighted by molar-refractivity contribution is 5.70. The third kappa shape index (κ3) is 4.85. The predicted octanol–water partition coefficient (Wildman–Crippen LogP) is 2.06. The van der Waals surface area contributed by atoms with Gasteiger partial charge in [-0.05, 0) is 12.0 Å². The lowest BCUT2D eigenvalue weighted by molar-refractivity contribution is -0.148. The molecule has 0 aliphatic carbocycles. The van der Waals surface area contributed by atoms with Crippen molar-refractivity contribution in [2.45, 2.75) is 32.5 Å². The van der Waals surface area contributed by atoms with Crippen LogP contribution in [0.1, 0.15) is 25.3 Å². The molecule has 0 amide bonds. The number of aliphatic hydroxyl groups excluding tert-OH is 1. The predicted molar refractivity (Wildman–Crippen MR) is 68.1 cm³/mol. The van der Waals surface area contributed by atoms with Gasteiger partial charge in [0.15, 0.2) is 0 Å². The Kier molecular flexibility index (Phi) is 6.39. The van der Waals surface area contributed by atoms with Gasteiger partial charge in [0.1, 0.15) is 0 Å². The molecule has 0 heterocycles. The van der Waals surface area contributed by atoms with Crippen LogP contribution in [-0.2, 0) is 16.1 Å². The zero-order chi connectivity index (χ0) is 13.4. The van der Waals surface area contributed by atoms with Gasteiger partial charge in [0.05, 0.1) is 25.2 Å². The van der Waals surface area contributed by atoms with E-state index in [1.54, 1.807) is 0 Å². The quantitative estimate of drug-likeness (QED) is 0.743. The molecule has 18 heavy (non-hydrogen) atoms. The molecule has 0 radical (unpaired) electrons. The first kappa shape index (κ1) is 14.7. The van der Waals surface area contributed by atoms with Crippen LogP contribution in [0.4, 0.5) is 0 Å². The lowest BCUT2D eigenvalue weighted by Crippen LogP contribution is -2.31. The highest BCUT2D eigenvalue weighted by atomic mass is 16.5. The molecule has 1 rings (SSSR count). The van der Waals surface area contributed by atoms with E-state index in [0.717, 1.165) is 12.0 Å². The second kappa shape index (κ2) is 7.84. The minimum absolute atomic E-state index is 0.0475. The van der Waals surface area contributed by atoms with Crippen LogP contribution < -0.4 is 0 Å². The fraction of sp³-hybridized carbons (Fsp3) is 0.500. The Balaban J connectivity index is 2.35. The van der Waals surface area contributed by atoms with E-state index in [1.165, 1.54) is 0 Å². The van der Waals surface area contributed by atoms with Crippen LogP contribution >= 0.6 is 0 Å². The zero-order valence-electron chi connectivity index (χ0n) is 10.6. The van der Waals surface area contributed by atoms with Crippen molar-refractivity contribution in [2.24, 2.45) is 5.92 Å².